The summed E-state index contributed by atoms with van der Waals surface area (Å²) < 4.78 is 27.1. The number of esters is 1. The quantitative estimate of drug-likeness (QED) is 0.136. The normalized spacial score (nSPS) is 14.7. The molecule has 0 unspecified atom stereocenters. The van der Waals surface area contributed by atoms with E-state index in [0.29, 0.717) is 38.7 Å². The first-order chi connectivity index (χ1) is 21.2. The lowest BCUT2D eigenvalue weighted by Crippen LogP contribution is -2.40. The summed E-state index contributed by atoms with van der Waals surface area (Å²) in [6.45, 7) is 3.62. The van der Waals surface area contributed by atoms with Crippen LogP contribution < -0.4 is 14.9 Å². The van der Waals surface area contributed by atoms with Gasteiger partial charge >= 0.3 is 5.97 Å². The number of fused-ring (bicyclic) bond motifs is 1. The number of aryl methyl sites for hydroxylation is 1. The summed E-state index contributed by atoms with van der Waals surface area (Å²) in [5, 5.41) is 11.3. The maximum absolute atomic E-state index is 14.0. The van der Waals surface area contributed by atoms with Gasteiger partial charge in [0, 0.05) is 29.3 Å². The van der Waals surface area contributed by atoms with Gasteiger partial charge in [-0.3, -0.25) is 19.5 Å². The van der Waals surface area contributed by atoms with Crippen molar-refractivity contribution in [3.05, 3.63) is 149 Å². The van der Waals surface area contributed by atoms with Gasteiger partial charge in [0.05, 0.1) is 33.4 Å². The molecule has 1 aliphatic rings. The van der Waals surface area contributed by atoms with E-state index in [4.69, 9.17) is 14.1 Å². The van der Waals surface area contributed by atoms with Crippen molar-refractivity contribution < 1.29 is 23.3 Å². The van der Waals surface area contributed by atoms with Crippen LogP contribution in [-0.2, 0) is 9.53 Å². The Kier molecular flexibility index (Phi) is 7.62. The minimum atomic E-state index is -0.942. The second-order valence-electron chi connectivity index (χ2n) is 9.94. The molecular formula is C33H24FN3O6S. The molecule has 11 heteroatoms. The molecule has 0 fully saturated rings. The number of benzene rings is 3. The van der Waals surface area contributed by atoms with Gasteiger partial charge in [-0.05, 0) is 49.2 Å². The summed E-state index contributed by atoms with van der Waals surface area (Å²) in [5.74, 6) is -0.340. The first-order valence-corrected chi connectivity index (χ1v) is 14.5. The number of rotatable bonds is 7. The summed E-state index contributed by atoms with van der Waals surface area (Å²) >= 11 is 1.12. The third-order valence-electron chi connectivity index (χ3n) is 7.16. The number of non-ortho nitro benzene ring substituents is 1. The zero-order chi connectivity index (χ0) is 31.0. The highest BCUT2D eigenvalue weighted by Gasteiger charge is 2.35. The van der Waals surface area contributed by atoms with Crippen LogP contribution in [0.15, 0.2) is 105 Å². The van der Waals surface area contributed by atoms with Crippen molar-refractivity contribution in [1.82, 2.24) is 4.57 Å². The molecule has 0 aliphatic carbocycles. The molecule has 3 heterocycles. The van der Waals surface area contributed by atoms with Crippen molar-refractivity contribution >= 4 is 34.8 Å². The summed E-state index contributed by atoms with van der Waals surface area (Å²) in [5.41, 5.74) is 2.52. The predicted molar refractivity (Wildman–Crippen MR) is 163 cm³/mol. The molecule has 220 valence electrons. The topological polar surface area (TPSA) is 117 Å². The SMILES string of the molecule is CCOC(=O)C1=C(c2ccccc2)N=c2s/c(=C\c3ccc(-c4cc([N+](=O)[O-])ccc4C)o3)c(=O)n2[C@H]1c1ccc(F)cc1. The van der Waals surface area contributed by atoms with Gasteiger partial charge < -0.3 is 9.15 Å². The van der Waals surface area contributed by atoms with Gasteiger partial charge in [-0.2, -0.15) is 0 Å². The van der Waals surface area contributed by atoms with Crippen LogP contribution in [0, 0.1) is 22.9 Å². The Morgan fingerprint density at radius 1 is 1.11 bits per heavy atom. The Balaban J connectivity index is 1.54. The maximum atomic E-state index is 14.0. The highest BCUT2D eigenvalue weighted by atomic mass is 32.1. The molecule has 1 atom stereocenters. The van der Waals surface area contributed by atoms with Crippen LogP contribution in [0.2, 0.25) is 0 Å². The molecule has 2 aromatic heterocycles. The van der Waals surface area contributed by atoms with Gasteiger partial charge in [-0.25, -0.2) is 14.2 Å². The molecule has 3 aromatic carbocycles. The molecule has 0 radical (unpaired) electrons. The smallest absolute Gasteiger partial charge is 0.338 e. The van der Waals surface area contributed by atoms with E-state index in [0.717, 1.165) is 16.9 Å². The molecule has 0 bridgehead atoms. The summed E-state index contributed by atoms with van der Waals surface area (Å²) in [4.78, 5) is 43.4. The second kappa shape index (κ2) is 11.7. The van der Waals surface area contributed by atoms with Crippen molar-refractivity contribution in [1.29, 1.82) is 0 Å². The number of nitro benzene ring substituents is 1. The molecule has 0 saturated heterocycles. The molecule has 9 nitrogen and oxygen atoms in total. The Morgan fingerprint density at radius 3 is 2.57 bits per heavy atom. The lowest BCUT2D eigenvalue weighted by molar-refractivity contribution is -0.384. The van der Waals surface area contributed by atoms with Crippen LogP contribution in [0.25, 0.3) is 23.1 Å². The molecule has 44 heavy (non-hydrogen) atoms. The van der Waals surface area contributed by atoms with Crippen LogP contribution in [0.3, 0.4) is 0 Å². The number of halogens is 1. The Morgan fingerprint density at radius 2 is 1.86 bits per heavy atom. The number of ether oxygens (including phenoxy) is 1. The molecule has 5 aromatic rings. The van der Waals surface area contributed by atoms with Crippen molar-refractivity contribution in [3.8, 4) is 11.3 Å². The minimum Gasteiger partial charge on any atom is -0.463 e. The van der Waals surface area contributed by atoms with Crippen LogP contribution >= 0.6 is 11.3 Å². The fourth-order valence-electron chi connectivity index (χ4n) is 5.09. The number of hydrogen-bond acceptors (Lipinski definition) is 8. The predicted octanol–water partition coefficient (Wildman–Crippen LogP) is 5.55. The van der Waals surface area contributed by atoms with Gasteiger partial charge in [0.25, 0.3) is 11.2 Å². The Hall–Kier alpha value is -5.42. The first-order valence-electron chi connectivity index (χ1n) is 13.6. The van der Waals surface area contributed by atoms with Crippen molar-refractivity contribution in [2.45, 2.75) is 19.9 Å². The zero-order valence-corrected chi connectivity index (χ0v) is 24.3. The van der Waals surface area contributed by atoms with E-state index in [2.05, 4.69) is 0 Å². The Labute approximate surface area is 253 Å². The zero-order valence-electron chi connectivity index (χ0n) is 23.5. The first kappa shape index (κ1) is 28.7. The van der Waals surface area contributed by atoms with E-state index in [1.54, 1.807) is 31.2 Å². The average molecular weight is 610 g/mol. The monoisotopic (exact) mass is 609 g/mol. The van der Waals surface area contributed by atoms with Crippen LogP contribution in [0.4, 0.5) is 10.1 Å². The lowest BCUT2D eigenvalue weighted by atomic mass is 9.93. The highest BCUT2D eigenvalue weighted by Crippen LogP contribution is 2.35. The van der Waals surface area contributed by atoms with E-state index in [1.165, 1.54) is 41.0 Å². The number of carbonyl (C=O) groups is 1. The van der Waals surface area contributed by atoms with Crippen molar-refractivity contribution in [2.24, 2.45) is 4.99 Å². The van der Waals surface area contributed by atoms with Crippen molar-refractivity contribution in [2.75, 3.05) is 6.61 Å². The number of furan rings is 1. The Bertz CT molecular complexity index is 2130. The number of carbonyl (C=O) groups excluding carboxylic acids is 1. The van der Waals surface area contributed by atoms with E-state index in [-0.39, 0.29) is 22.4 Å². The maximum Gasteiger partial charge on any atom is 0.338 e. The molecule has 0 N–H and O–H groups in total. The summed E-state index contributed by atoms with van der Waals surface area (Å²) in [7, 11) is 0. The summed E-state index contributed by atoms with van der Waals surface area (Å²) in [6.07, 6.45) is 1.57. The average Bonchev–Trinajstić information content (AvgIpc) is 3.61. The molecule has 6 rings (SSSR count). The molecular weight excluding hydrogens is 585 g/mol. The molecule has 1 aliphatic heterocycles. The molecule has 0 amide bonds. The lowest BCUT2D eigenvalue weighted by Gasteiger charge is -2.25. The van der Waals surface area contributed by atoms with Gasteiger partial charge in [0.2, 0.25) is 0 Å². The van der Waals surface area contributed by atoms with E-state index in [9.17, 15) is 24.1 Å². The largest absolute Gasteiger partial charge is 0.463 e. The van der Waals surface area contributed by atoms with E-state index < -0.39 is 28.3 Å². The van der Waals surface area contributed by atoms with Crippen LogP contribution in [0.5, 0.6) is 0 Å². The number of hydrogen-bond donors (Lipinski definition) is 0. The van der Waals surface area contributed by atoms with Gasteiger partial charge in [-0.15, -0.1) is 0 Å². The summed E-state index contributed by atoms with van der Waals surface area (Å²) in [6, 6.07) is 21.6. The van der Waals surface area contributed by atoms with Gasteiger partial charge in [0.15, 0.2) is 4.80 Å². The van der Waals surface area contributed by atoms with Gasteiger partial charge in [0.1, 0.15) is 17.3 Å². The molecule has 0 saturated carbocycles. The minimum absolute atomic E-state index is 0.0655. The fraction of sp³-hybridized carbons (Fsp3) is 0.121. The number of nitrogens with zero attached hydrogens (tertiary/aromatic N) is 3. The highest BCUT2D eigenvalue weighted by molar-refractivity contribution is 7.07. The van der Waals surface area contributed by atoms with Crippen molar-refractivity contribution in [3.63, 3.8) is 0 Å². The van der Waals surface area contributed by atoms with Gasteiger partial charge in [-0.1, -0.05) is 59.9 Å². The third kappa shape index (κ3) is 5.29. The second-order valence-corrected chi connectivity index (χ2v) is 11.0. The molecule has 0 spiro atoms. The van der Waals surface area contributed by atoms with Crippen LogP contribution in [0.1, 0.15) is 35.4 Å². The number of aromatic nitrogens is 1. The number of nitro groups is 1. The fourth-order valence-corrected chi connectivity index (χ4v) is 6.08. The van der Waals surface area contributed by atoms with E-state index >= 15 is 0 Å². The van der Waals surface area contributed by atoms with E-state index in [1.807, 2.05) is 37.3 Å². The van der Waals surface area contributed by atoms with Crippen LogP contribution in [-0.4, -0.2) is 22.1 Å². The third-order valence-corrected chi connectivity index (χ3v) is 8.14. The standard InChI is InChI=1S/C33H24FN3O6S/c1-3-42-32(39)28-29(20-7-5-4-6-8-20)35-33-36(30(28)21-10-12-22(34)13-11-21)31(38)27(44-33)18-24-15-16-26(43-24)25-17-23(37(40)41)14-9-19(25)2/h4-18,30H,3H2,1-2H3/b27-18-/t30-/m0/s1. The number of thiazole rings is 1.